The van der Waals surface area contributed by atoms with Crippen LogP contribution < -0.4 is 0 Å². The van der Waals surface area contributed by atoms with E-state index in [0.717, 1.165) is 7.11 Å². The van der Waals surface area contributed by atoms with Crippen LogP contribution in [0, 0.1) is 6.07 Å². The lowest BCUT2D eigenvalue weighted by Gasteiger charge is -1.98. The molecule has 0 saturated heterocycles. The number of halogens is 3. The van der Waals surface area contributed by atoms with Crippen molar-refractivity contribution >= 4 is 5.97 Å². The molecule has 0 aliphatic heterocycles. The number of methoxy groups -OCH3 is 1. The first-order valence-electron chi connectivity index (χ1n) is 3.54. The third-order valence-corrected chi connectivity index (χ3v) is 1.39. The molecule has 0 bridgehead atoms. The number of rotatable bonds is 2. The van der Waals surface area contributed by atoms with E-state index >= 15 is 0 Å². The van der Waals surface area contributed by atoms with E-state index in [1.54, 1.807) is 0 Å². The van der Waals surface area contributed by atoms with E-state index in [2.05, 4.69) is 14.9 Å². The second kappa shape index (κ2) is 3.69. The number of hydrogen-bond acceptors (Lipinski definition) is 3. The first kappa shape index (κ1) is 10.6. The zero-order chi connectivity index (χ0) is 10.8. The SMILES string of the molecule is COC(=O)Cc1[c]c(C(F)(F)F)n[nH]1. The van der Waals surface area contributed by atoms with Crippen molar-refractivity contribution in [1.82, 2.24) is 10.2 Å². The summed E-state index contributed by atoms with van der Waals surface area (Å²) in [6.45, 7) is 0. The van der Waals surface area contributed by atoms with Gasteiger partial charge >= 0.3 is 12.1 Å². The lowest BCUT2D eigenvalue weighted by Crippen LogP contribution is -2.06. The second-order valence-corrected chi connectivity index (χ2v) is 2.43. The number of ether oxygens (including phenoxy) is 1. The fourth-order valence-corrected chi connectivity index (χ4v) is 0.757. The maximum Gasteiger partial charge on any atom is 0.435 e. The predicted octanol–water partition coefficient (Wildman–Crippen LogP) is 0.944. The van der Waals surface area contributed by atoms with E-state index in [4.69, 9.17) is 0 Å². The average Bonchev–Trinajstić information content (AvgIpc) is 2.51. The molecule has 0 aromatic carbocycles. The van der Waals surface area contributed by atoms with Crippen LogP contribution in [0.25, 0.3) is 0 Å². The van der Waals surface area contributed by atoms with Crippen molar-refractivity contribution in [1.29, 1.82) is 0 Å². The Morgan fingerprint density at radius 2 is 2.29 bits per heavy atom. The van der Waals surface area contributed by atoms with Gasteiger partial charge in [0.2, 0.25) is 0 Å². The zero-order valence-electron chi connectivity index (χ0n) is 7.10. The molecule has 77 valence electrons. The smallest absolute Gasteiger partial charge is 0.435 e. The Morgan fingerprint density at radius 1 is 1.64 bits per heavy atom. The number of aromatic amines is 1. The van der Waals surface area contributed by atoms with Crippen molar-refractivity contribution in [3.63, 3.8) is 0 Å². The van der Waals surface area contributed by atoms with Crippen LogP contribution in [-0.4, -0.2) is 23.3 Å². The number of carbonyl (C=O) groups is 1. The molecule has 1 aromatic rings. The van der Waals surface area contributed by atoms with Crippen LogP contribution in [0.2, 0.25) is 0 Å². The predicted molar refractivity (Wildman–Crippen MR) is 38.1 cm³/mol. The molecule has 0 fully saturated rings. The van der Waals surface area contributed by atoms with Crippen LogP contribution in [0.1, 0.15) is 11.4 Å². The molecule has 1 aromatic heterocycles. The third-order valence-electron chi connectivity index (χ3n) is 1.39. The number of esters is 1. The van der Waals surface area contributed by atoms with Crippen molar-refractivity contribution < 1.29 is 22.7 Å². The Kier molecular flexibility index (Phi) is 2.78. The Balaban J connectivity index is 2.74. The van der Waals surface area contributed by atoms with E-state index in [9.17, 15) is 18.0 Å². The summed E-state index contributed by atoms with van der Waals surface area (Å²) in [7, 11) is 1.14. The second-order valence-electron chi connectivity index (χ2n) is 2.43. The summed E-state index contributed by atoms with van der Waals surface area (Å²) >= 11 is 0. The molecule has 4 nitrogen and oxygen atoms in total. The van der Waals surface area contributed by atoms with Gasteiger partial charge in [0, 0.05) is 6.07 Å². The fraction of sp³-hybridized carbons (Fsp3) is 0.429. The minimum Gasteiger partial charge on any atom is -0.469 e. The van der Waals surface area contributed by atoms with Crippen LogP contribution in [0.4, 0.5) is 13.2 Å². The van der Waals surface area contributed by atoms with Gasteiger partial charge in [0.15, 0.2) is 5.69 Å². The highest BCUT2D eigenvalue weighted by Crippen LogP contribution is 2.27. The molecule has 1 rings (SSSR count). The monoisotopic (exact) mass is 207 g/mol. The van der Waals surface area contributed by atoms with Gasteiger partial charge in [0.05, 0.1) is 19.2 Å². The van der Waals surface area contributed by atoms with E-state index in [0.29, 0.717) is 0 Å². The normalized spacial score (nSPS) is 11.4. The third kappa shape index (κ3) is 2.48. The first-order valence-corrected chi connectivity index (χ1v) is 3.54. The summed E-state index contributed by atoms with van der Waals surface area (Å²) < 4.78 is 40.2. The molecule has 1 heterocycles. The Labute approximate surface area is 77.1 Å². The zero-order valence-corrected chi connectivity index (χ0v) is 7.10. The summed E-state index contributed by atoms with van der Waals surface area (Å²) in [6, 6.07) is 1.93. The lowest BCUT2D eigenvalue weighted by atomic mass is 10.3. The quantitative estimate of drug-likeness (QED) is 0.734. The fourth-order valence-electron chi connectivity index (χ4n) is 0.757. The van der Waals surface area contributed by atoms with Crippen LogP contribution in [0.5, 0.6) is 0 Å². The van der Waals surface area contributed by atoms with E-state index < -0.39 is 17.8 Å². The van der Waals surface area contributed by atoms with E-state index in [-0.39, 0.29) is 12.1 Å². The van der Waals surface area contributed by atoms with Crippen molar-refractivity contribution in [3.8, 4) is 0 Å². The molecule has 0 aliphatic rings. The summed E-state index contributed by atoms with van der Waals surface area (Å²) in [5.41, 5.74) is -1.22. The van der Waals surface area contributed by atoms with Crippen LogP contribution >= 0.6 is 0 Å². The molecule has 0 amide bonds. The molecule has 0 saturated carbocycles. The number of H-pyrrole nitrogens is 1. The van der Waals surface area contributed by atoms with Crippen LogP contribution in [-0.2, 0) is 22.1 Å². The number of nitrogens with one attached hydrogen (secondary N) is 1. The molecular formula is C7H6F3N2O2. The van der Waals surface area contributed by atoms with Gasteiger partial charge in [-0.3, -0.25) is 9.89 Å². The van der Waals surface area contributed by atoms with Gasteiger partial charge in [-0.1, -0.05) is 0 Å². The summed E-state index contributed by atoms with van der Waals surface area (Å²) in [5.74, 6) is -0.654. The highest BCUT2D eigenvalue weighted by atomic mass is 19.4. The van der Waals surface area contributed by atoms with Crippen LogP contribution in [0.3, 0.4) is 0 Å². The number of nitrogens with zero attached hydrogens (tertiary/aromatic N) is 1. The highest BCUT2D eigenvalue weighted by molar-refractivity contribution is 5.71. The summed E-state index contributed by atoms with van der Waals surface area (Å²) in [5, 5.41) is 5.01. The molecule has 0 aliphatic carbocycles. The standard InChI is InChI=1S/C7H6F3N2O2/c1-14-6(13)3-4-2-5(12-11-4)7(8,9)10/h3H2,1H3,(H,11,12). The van der Waals surface area contributed by atoms with Crippen molar-refractivity contribution in [2.24, 2.45) is 0 Å². The average molecular weight is 207 g/mol. The molecule has 0 spiro atoms. The maximum absolute atomic E-state index is 12.0. The molecule has 1 radical (unpaired) electrons. The number of carbonyl (C=O) groups excluding carboxylic acids is 1. The van der Waals surface area contributed by atoms with Crippen molar-refractivity contribution in [2.45, 2.75) is 12.6 Å². The maximum atomic E-state index is 12.0. The minimum atomic E-state index is -4.55. The largest absolute Gasteiger partial charge is 0.469 e. The molecule has 0 unspecified atom stereocenters. The van der Waals surface area contributed by atoms with Gasteiger partial charge in [-0.05, 0) is 0 Å². The summed E-state index contributed by atoms with van der Waals surface area (Å²) in [6.07, 6.45) is -4.86. The van der Waals surface area contributed by atoms with Gasteiger partial charge in [0.1, 0.15) is 0 Å². The van der Waals surface area contributed by atoms with E-state index in [1.165, 1.54) is 0 Å². The Hall–Kier alpha value is -1.53. The number of hydrogen-bond donors (Lipinski definition) is 1. The van der Waals surface area contributed by atoms with Gasteiger partial charge in [-0.15, -0.1) is 0 Å². The minimum absolute atomic E-state index is 0.0517. The van der Waals surface area contributed by atoms with Crippen molar-refractivity contribution in [3.05, 3.63) is 17.5 Å². The number of alkyl halides is 3. The molecule has 0 atom stereocenters. The highest BCUT2D eigenvalue weighted by Gasteiger charge is 2.34. The van der Waals surface area contributed by atoms with Crippen LogP contribution in [0.15, 0.2) is 0 Å². The molecule has 1 N–H and O–H groups in total. The van der Waals surface area contributed by atoms with Gasteiger partial charge in [-0.25, -0.2) is 0 Å². The van der Waals surface area contributed by atoms with E-state index in [1.807, 2.05) is 6.07 Å². The van der Waals surface area contributed by atoms with Crippen molar-refractivity contribution in [2.75, 3.05) is 7.11 Å². The Bertz CT molecular complexity index is 332. The molecule has 14 heavy (non-hydrogen) atoms. The van der Waals surface area contributed by atoms with Gasteiger partial charge in [-0.2, -0.15) is 18.3 Å². The summed E-state index contributed by atoms with van der Waals surface area (Å²) in [4.78, 5) is 10.7. The molecule has 7 heteroatoms. The Morgan fingerprint density at radius 3 is 2.71 bits per heavy atom. The molecular weight excluding hydrogens is 201 g/mol. The van der Waals surface area contributed by atoms with Gasteiger partial charge in [0.25, 0.3) is 0 Å². The lowest BCUT2D eigenvalue weighted by molar-refractivity contribution is -0.142. The topological polar surface area (TPSA) is 55.0 Å². The van der Waals surface area contributed by atoms with Gasteiger partial charge < -0.3 is 4.74 Å². The first-order chi connectivity index (χ1) is 6.43. The number of aromatic nitrogens is 2.